The van der Waals surface area contributed by atoms with Crippen molar-refractivity contribution in [1.29, 1.82) is 0 Å². The van der Waals surface area contributed by atoms with Crippen LogP contribution in [0.25, 0.3) is 0 Å². The van der Waals surface area contributed by atoms with Crippen LogP contribution in [-0.4, -0.2) is 42.3 Å². The Balaban J connectivity index is 1.64. The maximum atomic E-state index is 12.2. The maximum absolute atomic E-state index is 12.2. The van der Waals surface area contributed by atoms with E-state index in [0.717, 1.165) is 55.1 Å². The Morgan fingerprint density at radius 3 is 2.81 bits per heavy atom. The van der Waals surface area contributed by atoms with Crippen molar-refractivity contribution in [2.45, 2.75) is 39.3 Å². The number of para-hydroxylation sites is 1. The van der Waals surface area contributed by atoms with E-state index < -0.39 is 0 Å². The number of ether oxygens (including phenoxy) is 2. The molecule has 2 aromatic rings. The Kier molecular flexibility index (Phi) is 6.47. The summed E-state index contributed by atoms with van der Waals surface area (Å²) < 4.78 is 11.7. The number of hydrogen-bond donors (Lipinski definition) is 1. The zero-order valence-corrected chi connectivity index (χ0v) is 15.7. The van der Waals surface area contributed by atoms with Crippen LogP contribution in [0.2, 0.25) is 0 Å². The molecule has 0 spiro atoms. The van der Waals surface area contributed by atoms with Gasteiger partial charge in [-0.2, -0.15) is 0 Å². The molecule has 1 aliphatic heterocycles. The molecule has 1 aliphatic rings. The molecule has 3 rings (SSSR count). The Labute approximate surface area is 155 Å². The minimum atomic E-state index is 0.122. The van der Waals surface area contributed by atoms with Crippen molar-refractivity contribution >= 4 is 0 Å². The van der Waals surface area contributed by atoms with E-state index in [2.05, 4.69) is 9.88 Å². The van der Waals surface area contributed by atoms with Crippen molar-refractivity contribution in [2.75, 3.05) is 26.3 Å². The Hall–Kier alpha value is -2.11. The summed E-state index contributed by atoms with van der Waals surface area (Å²) in [4.78, 5) is 17.8. The third-order valence-corrected chi connectivity index (χ3v) is 4.90. The summed E-state index contributed by atoms with van der Waals surface area (Å²) in [6, 6.07) is 9.85. The van der Waals surface area contributed by atoms with Gasteiger partial charge in [-0.05, 0) is 38.8 Å². The van der Waals surface area contributed by atoms with E-state index in [0.29, 0.717) is 13.2 Å². The van der Waals surface area contributed by atoms with Crippen molar-refractivity contribution in [2.24, 2.45) is 0 Å². The molecule has 1 aromatic carbocycles. The number of benzene rings is 1. The molecule has 1 saturated heterocycles. The van der Waals surface area contributed by atoms with Crippen LogP contribution in [0.1, 0.15) is 29.7 Å². The average molecular weight is 356 g/mol. The number of H-pyrrole nitrogens is 1. The second-order valence-corrected chi connectivity index (χ2v) is 6.94. The molecule has 0 aliphatic carbocycles. The molecule has 1 N–H and O–H groups in total. The first kappa shape index (κ1) is 18.7. The molecule has 0 bridgehead atoms. The van der Waals surface area contributed by atoms with Gasteiger partial charge in [-0.1, -0.05) is 18.2 Å². The van der Waals surface area contributed by atoms with Gasteiger partial charge in [0.2, 0.25) is 0 Å². The predicted molar refractivity (Wildman–Crippen MR) is 103 cm³/mol. The molecule has 0 radical (unpaired) electrons. The summed E-state index contributed by atoms with van der Waals surface area (Å²) in [5.41, 5.74) is 2.64. The van der Waals surface area contributed by atoms with Crippen LogP contribution in [0, 0.1) is 13.8 Å². The quantitative estimate of drug-likeness (QED) is 0.790. The zero-order chi connectivity index (χ0) is 18.4. The normalized spacial score (nSPS) is 17.0. The molecular weight excluding hydrogens is 328 g/mol. The summed E-state index contributed by atoms with van der Waals surface area (Å²) >= 11 is 0. The van der Waals surface area contributed by atoms with Crippen molar-refractivity contribution in [3.05, 3.63) is 63.6 Å². The average Bonchev–Trinajstić information content (AvgIpc) is 3.16. The van der Waals surface area contributed by atoms with E-state index in [1.54, 1.807) is 6.20 Å². The highest BCUT2D eigenvalue weighted by molar-refractivity contribution is 5.23. The summed E-state index contributed by atoms with van der Waals surface area (Å²) in [5, 5.41) is 0. The highest BCUT2D eigenvalue weighted by Crippen LogP contribution is 2.16. The number of aromatic amines is 1. The van der Waals surface area contributed by atoms with E-state index in [1.807, 2.05) is 44.2 Å². The highest BCUT2D eigenvalue weighted by Gasteiger charge is 2.20. The van der Waals surface area contributed by atoms with E-state index in [4.69, 9.17) is 9.47 Å². The largest absolute Gasteiger partial charge is 0.492 e. The fourth-order valence-corrected chi connectivity index (χ4v) is 3.31. The second-order valence-electron chi connectivity index (χ2n) is 6.94. The lowest BCUT2D eigenvalue weighted by Crippen LogP contribution is -2.36. The Bertz CT molecular complexity index is 752. The molecule has 0 saturated carbocycles. The topological polar surface area (TPSA) is 54.6 Å². The molecule has 1 fully saturated rings. The fourth-order valence-electron chi connectivity index (χ4n) is 3.31. The highest BCUT2D eigenvalue weighted by atomic mass is 16.5. The summed E-state index contributed by atoms with van der Waals surface area (Å²) in [7, 11) is 0. The van der Waals surface area contributed by atoms with Crippen LogP contribution >= 0.6 is 0 Å². The van der Waals surface area contributed by atoms with Gasteiger partial charge in [-0.25, -0.2) is 0 Å². The first-order chi connectivity index (χ1) is 12.6. The monoisotopic (exact) mass is 356 g/mol. The minimum Gasteiger partial charge on any atom is -0.492 e. The van der Waals surface area contributed by atoms with Crippen LogP contribution in [0.3, 0.4) is 0 Å². The molecule has 2 heterocycles. The van der Waals surface area contributed by atoms with Crippen LogP contribution in [0.5, 0.6) is 5.75 Å². The molecular formula is C21H28N2O3. The van der Waals surface area contributed by atoms with Crippen LogP contribution in [-0.2, 0) is 11.3 Å². The number of aromatic nitrogens is 1. The van der Waals surface area contributed by atoms with Crippen molar-refractivity contribution < 1.29 is 9.47 Å². The molecule has 140 valence electrons. The van der Waals surface area contributed by atoms with Gasteiger partial charge in [0.05, 0.1) is 6.10 Å². The molecule has 5 nitrogen and oxygen atoms in total. The van der Waals surface area contributed by atoms with Crippen molar-refractivity contribution in [1.82, 2.24) is 9.88 Å². The van der Waals surface area contributed by atoms with Gasteiger partial charge < -0.3 is 14.5 Å². The van der Waals surface area contributed by atoms with Crippen molar-refractivity contribution in [3.63, 3.8) is 0 Å². The molecule has 0 amide bonds. The maximum Gasteiger partial charge on any atom is 0.187 e. The van der Waals surface area contributed by atoms with Crippen LogP contribution in [0.15, 0.2) is 41.3 Å². The SMILES string of the molecule is Cc1c[nH]c(CN(CCOc2ccccc2)C[C@H]2CCCO2)c(C)c1=O. The number of pyridine rings is 1. The Morgan fingerprint density at radius 2 is 2.08 bits per heavy atom. The summed E-state index contributed by atoms with van der Waals surface area (Å²) in [5.74, 6) is 0.879. The van der Waals surface area contributed by atoms with E-state index in [1.165, 1.54) is 0 Å². The van der Waals surface area contributed by atoms with Crippen LogP contribution in [0.4, 0.5) is 0 Å². The lowest BCUT2D eigenvalue weighted by molar-refractivity contribution is 0.0649. The standard InChI is InChI=1S/C21H28N2O3/c1-16-13-22-20(17(2)21(16)24)15-23(14-19-9-6-11-25-19)10-12-26-18-7-4-3-5-8-18/h3-5,7-8,13,19H,6,9-12,14-15H2,1-2H3,(H,22,24)/t19-/m1/s1. The number of nitrogens with one attached hydrogen (secondary N) is 1. The van der Waals surface area contributed by atoms with Gasteiger partial charge in [-0.3, -0.25) is 9.69 Å². The van der Waals surface area contributed by atoms with Crippen molar-refractivity contribution in [3.8, 4) is 5.75 Å². The van der Waals surface area contributed by atoms with Gasteiger partial charge in [-0.15, -0.1) is 0 Å². The van der Waals surface area contributed by atoms with Gasteiger partial charge in [0.1, 0.15) is 12.4 Å². The third kappa shape index (κ3) is 4.96. The van der Waals surface area contributed by atoms with E-state index >= 15 is 0 Å². The Morgan fingerprint density at radius 1 is 1.27 bits per heavy atom. The van der Waals surface area contributed by atoms with E-state index in [-0.39, 0.29) is 11.5 Å². The first-order valence-electron chi connectivity index (χ1n) is 9.33. The van der Waals surface area contributed by atoms with E-state index in [9.17, 15) is 4.79 Å². The number of hydrogen-bond acceptors (Lipinski definition) is 4. The molecule has 26 heavy (non-hydrogen) atoms. The first-order valence-corrected chi connectivity index (χ1v) is 9.33. The molecule has 1 atom stereocenters. The summed E-state index contributed by atoms with van der Waals surface area (Å²) in [6.07, 6.45) is 4.29. The number of nitrogens with zero attached hydrogens (tertiary/aromatic N) is 1. The second kappa shape index (κ2) is 9.01. The third-order valence-electron chi connectivity index (χ3n) is 4.90. The van der Waals surface area contributed by atoms with Gasteiger partial charge in [0.15, 0.2) is 5.43 Å². The smallest absolute Gasteiger partial charge is 0.187 e. The van der Waals surface area contributed by atoms with Gasteiger partial charge in [0, 0.05) is 49.3 Å². The zero-order valence-electron chi connectivity index (χ0n) is 15.7. The molecule has 1 aromatic heterocycles. The lowest BCUT2D eigenvalue weighted by Gasteiger charge is -2.25. The molecule has 0 unspecified atom stereocenters. The predicted octanol–water partition coefficient (Wildman–Crippen LogP) is 3.05. The summed E-state index contributed by atoms with van der Waals surface area (Å²) in [6.45, 7) is 7.52. The number of rotatable bonds is 8. The lowest BCUT2D eigenvalue weighted by atomic mass is 10.1. The fraction of sp³-hybridized carbons (Fsp3) is 0.476. The van der Waals surface area contributed by atoms with Crippen LogP contribution < -0.4 is 10.2 Å². The number of aryl methyl sites for hydroxylation is 1. The molecule has 5 heteroatoms. The van der Waals surface area contributed by atoms with Gasteiger partial charge >= 0.3 is 0 Å². The van der Waals surface area contributed by atoms with Gasteiger partial charge in [0.25, 0.3) is 0 Å². The minimum absolute atomic E-state index is 0.122.